The van der Waals surface area contributed by atoms with Crippen LogP contribution in [-0.2, 0) is 7.05 Å². The van der Waals surface area contributed by atoms with E-state index in [4.69, 9.17) is 11.6 Å². The lowest BCUT2D eigenvalue weighted by Gasteiger charge is -2.19. The SMILES string of the molecule is Cn1ccnc1C(NC(=O)c1cc(Br)ccc1F)c1ccc(Cl)cc1. The quantitative estimate of drug-likeness (QED) is 0.673. The maximum absolute atomic E-state index is 14.0. The van der Waals surface area contributed by atoms with Crippen molar-refractivity contribution in [1.82, 2.24) is 14.9 Å². The van der Waals surface area contributed by atoms with E-state index in [1.54, 1.807) is 47.3 Å². The average Bonchev–Trinajstić information content (AvgIpc) is 3.01. The Bertz CT molecular complexity index is 911. The second-order valence-corrected chi connectivity index (χ2v) is 6.83. The van der Waals surface area contributed by atoms with Crippen LogP contribution in [0.3, 0.4) is 0 Å². The Morgan fingerprint density at radius 1 is 1.28 bits per heavy atom. The third kappa shape index (κ3) is 3.91. The number of benzene rings is 2. The van der Waals surface area contributed by atoms with Gasteiger partial charge in [0.25, 0.3) is 5.91 Å². The fourth-order valence-electron chi connectivity index (χ4n) is 2.49. The van der Waals surface area contributed by atoms with Crippen molar-refractivity contribution in [2.75, 3.05) is 0 Å². The molecule has 0 saturated heterocycles. The maximum atomic E-state index is 14.0. The number of carbonyl (C=O) groups excluding carboxylic acids is 1. The Hall–Kier alpha value is -2.18. The van der Waals surface area contributed by atoms with Crippen LogP contribution in [0, 0.1) is 5.82 Å². The van der Waals surface area contributed by atoms with Gasteiger partial charge < -0.3 is 9.88 Å². The van der Waals surface area contributed by atoms with Crippen LogP contribution in [0.5, 0.6) is 0 Å². The van der Waals surface area contributed by atoms with Gasteiger partial charge in [-0.05, 0) is 35.9 Å². The first-order valence-electron chi connectivity index (χ1n) is 7.44. The molecule has 0 aliphatic rings. The number of hydrogen-bond donors (Lipinski definition) is 1. The van der Waals surface area contributed by atoms with Crippen LogP contribution in [0.2, 0.25) is 5.02 Å². The Balaban J connectivity index is 1.98. The molecule has 0 aliphatic carbocycles. The standard InChI is InChI=1S/C18H14BrClFN3O/c1-24-9-8-22-17(24)16(11-2-5-13(20)6-3-11)23-18(25)14-10-12(19)4-7-15(14)21/h2-10,16H,1H3,(H,23,25). The molecule has 0 spiro atoms. The van der Waals surface area contributed by atoms with Crippen molar-refractivity contribution in [3.05, 3.63) is 87.1 Å². The highest BCUT2D eigenvalue weighted by molar-refractivity contribution is 9.10. The van der Waals surface area contributed by atoms with Gasteiger partial charge >= 0.3 is 0 Å². The van der Waals surface area contributed by atoms with Crippen molar-refractivity contribution in [2.24, 2.45) is 7.05 Å². The molecule has 1 amide bonds. The number of aryl methyl sites for hydroxylation is 1. The van der Waals surface area contributed by atoms with Gasteiger partial charge in [0.05, 0.1) is 5.56 Å². The van der Waals surface area contributed by atoms with Crippen LogP contribution < -0.4 is 5.32 Å². The van der Waals surface area contributed by atoms with Gasteiger partial charge in [-0.25, -0.2) is 9.37 Å². The Morgan fingerprint density at radius 3 is 2.64 bits per heavy atom. The minimum absolute atomic E-state index is 0.0393. The third-order valence-electron chi connectivity index (χ3n) is 3.77. The van der Waals surface area contributed by atoms with E-state index in [0.29, 0.717) is 15.3 Å². The summed E-state index contributed by atoms with van der Waals surface area (Å²) in [6, 6.07) is 10.8. The normalized spacial score (nSPS) is 12.0. The molecule has 4 nitrogen and oxygen atoms in total. The van der Waals surface area contributed by atoms with Gasteiger partial charge in [-0.1, -0.05) is 39.7 Å². The van der Waals surface area contributed by atoms with E-state index < -0.39 is 17.8 Å². The number of nitrogens with zero attached hydrogens (tertiary/aromatic N) is 2. The first-order chi connectivity index (χ1) is 12.0. The first-order valence-corrected chi connectivity index (χ1v) is 8.61. The zero-order valence-corrected chi connectivity index (χ0v) is 15.6. The largest absolute Gasteiger partial charge is 0.338 e. The Morgan fingerprint density at radius 2 is 2.00 bits per heavy atom. The molecule has 0 radical (unpaired) electrons. The van der Waals surface area contributed by atoms with Crippen molar-refractivity contribution < 1.29 is 9.18 Å². The van der Waals surface area contributed by atoms with Gasteiger partial charge in [0.1, 0.15) is 17.7 Å². The first kappa shape index (κ1) is 17.6. The summed E-state index contributed by atoms with van der Waals surface area (Å²) in [7, 11) is 1.83. The molecule has 0 saturated carbocycles. The van der Waals surface area contributed by atoms with Crippen molar-refractivity contribution in [1.29, 1.82) is 0 Å². The van der Waals surface area contributed by atoms with Gasteiger partial charge in [0.15, 0.2) is 0 Å². The molecule has 1 aromatic heterocycles. The summed E-state index contributed by atoms with van der Waals surface area (Å²) < 4.78 is 16.5. The minimum Gasteiger partial charge on any atom is -0.338 e. The number of rotatable bonds is 4. The zero-order valence-electron chi connectivity index (χ0n) is 13.2. The summed E-state index contributed by atoms with van der Waals surface area (Å²) >= 11 is 9.21. The van der Waals surface area contributed by atoms with Crippen LogP contribution >= 0.6 is 27.5 Å². The molecule has 0 bridgehead atoms. The summed E-state index contributed by atoms with van der Waals surface area (Å²) in [6.07, 6.45) is 3.42. The number of carbonyl (C=O) groups is 1. The minimum atomic E-state index is -0.588. The molecule has 0 aliphatic heterocycles. The molecule has 1 heterocycles. The van der Waals surface area contributed by atoms with Gasteiger partial charge in [-0.2, -0.15) is 0 Å². The van der Waals surface area contributed by atoms with Crippen LogP contribution in [0.25, 0.3) is 0 Å². The predicted octanol–water partition coefficient (Wildman–Crippen LogP) is 4.49. The number of hydrogen-bond acceptors (Lipinski definition) is 2. The fraction of sp³-hybridized carbons (Fsp3) is 0.111. The molecular formula is C18H14BrClFN3O. The lowest BCUT2D eigenvalue weighted by molar-refractivity contribution is 0.0937. The van der Waals surface area contributed by atoms with E-state index in [2.05, 4.69) is 26.2 Å². The van der Waals surface area contributed by atoms with E-state index in [1.807, 2.05) is 7.05 Å². The number of amides is 1. The van der Waals surface area contributed by atoms with E-state index in [0.717, 1.165) is 5.56 Å². The summed E-state index contributed by atoms with van der Waals surface area (Å²) in [4.78, 5) is 17.0. The van der Waals surface area contributed by atoms with Crippen LogP contribution in [0.1, 0.15) is 27.8 Å². The topological polar surface area (TPSA) is 46.9 Å². The number of halogens is 3. The van der Waals surface area contributed by atoms with E-state index in [-0.39, 0.29) is 5.56 Å². The molecule has 3 rings (SSSR count). The lowest BCUT2D eigenvalue weighted by atomic mass is 10.1. The van der Waals surface area contributed by atoms with Crippen molar-refractivity contribution in [3.8, 4) is 0 Å². The van der Waals surface area contributed by atoms with Crippen LogP contribution in [-0.4, -0.2) is 15.5 Å². The molecular weight excluding hydrogens is 409 g/mol. The highest BCUT2D eigenvalue weighted by atomic mass is 79.9. The third-order valence-corrected chi connectivity index (χ3v) is 4.51. The molecule has 7 heteroatoms. The Kier molecular flexibility index (Phi) is 5.20. The summed E-state index contributed by atoms with van der Waals surface area (Å²) in [5.74, 6) is -0.483. The predicted molar refractivity (Wildman–Crippen MR) is 98.1 cm³/mol. The molecule has 2 aromatic carbocycles. The van der Waals surface area contributed by atoms with Gasteiger partial charge in [-0.15, -0.1) is 0 Å². The van der Waals surface area contributed by atoms with Crippen molar-refractivity contribution >= 4 is 33.4 Å². The van der Waals surface area contributed by atoms with Gasteiger partial charge in [0, 0.05) is 28.9 Å². The van der Waals surface area contributed by atoms with Crippen molar-refractivity contribution in [3.63, 3.8) is 0 Å². The lowest BCUT2D eigenvalue weighted by Crippen LogP contribution is -2.31. The number of imidazole rings is 1. The Labute approximate surface area is 157 Å². The molecule has 1 unspecified atom stereocenters. The fourth-order valence-corrected chi connectivity index (χ4v) is 2.97. The van der Waals surface area contributed by atoms with Crippen molar-refractivity contribution in [2.45, 2.75) is 6.04 Å². The molecule has 128 valence electrons. The molecule has 1 atom stereocenters. The van der Waals surface area contributed by atoms with E-state index in [9.17, 15) is 9.18 Å². The zero-order chi connectivity index (χ0) is 18.0. The second kappa shape index (κ2) is 7.37. The van der Waals surface area contributed by atoms with E-state index in [1.165, 1.54) is 12.1 Å². The highest BCUT2D eigenvalue weighted by Crippen LogP contribution is 2.24. The molecule has 3 aromatic rings. The average molecular weight is 423 g/mol. The summed E-state index contributed by atoms with van der Waals surface area (Å²) in [5.41, 5.74) is 0.755. The number of nitrogens with one attached hydrogen (secondary N) is 1. The van der Waals surface area contributed by atoms with Gasteiger partial charge in [0.2, 0.25) is 0 Å². The molecule has 0 fully saturated rings. The van der Waals surface area contributed by atoms with Crippen LogP contribution in [0.15, 0.2) is 59.3 Å². The molecule has 25 heavy (non-hydrogen) atoms. The summed E-state index contributed by atoms with van der Waals surface area (Å²) in [5, 5.41) is 3.44. The smallest absolute Gasteiger partial charge is 0.255 e. The summed E-state index contributed by atoms with van der Waals surface area (Å²) in [6.45, 7) is 0. The molecule has 1 N–H and O–H groups in total. The second-order valence-electron chi connectivity index (χ2n) is 5.48. The van der Waals surface area contributed by atoms with Gasteiger partial charge in [-0.3, -0.25) is 4.79 Å². The monoisotopic (exact) mass is 421 g/mol. The highest BCUT2D eigenvalue weighted by Gasteiger charge is 2.23. The van der Waals surface area contributed by atoms with Crippen LogP contribution in [0.4, 0.5) is 4.39 Å². The van der Waals surface area contributed by atoms with E-state index >= 15 is 0 Å². The maximum Gasteiger partial charge on any atom is 0.255 e. The number of aromatic nitrogens is 2.